The normalized spacial score (nSPS) is 12.2. The van der Waals surface area contributed by atoms with E-state index >= 15 is 0 Å². The van der Waals surface area contributed by atoms with Crippen molar-refractivity contribution in [3.05, 3.63) is 29.8 Å². The number of hydrogen-bond acceptors (Lipinski definition) is 3. The summed E-state index contributed by atoms with van der Waals surface area (Å²) in [7, 11) is 0. The fourth-order valence-corrected chi connectivity index (χ4v) is 1.78. The summed E-state index contributed by atoms with van der Waals surface area (Å²) in [5.74, 6) is -0.505. The van der Waals surface area contributed by atoms with Crippen LogP contribution in [0.15, 0.2) is 18.3 Å². The molecule has 0 saturated heterocycles. The zero-order chi connectivity index (χ0) is 13.4. The van der Waals surface area contributed by atoms with Crippen molar-refractivity contribution < 1.29 is 14.3 Å². The Balaban J connectivity index is 2.46. The van der Waals surface area contributed by atoms with Crippen molar-refractivity contribution in [2.45, 2.75) is 26.2 Å². The number of rotatable bonds is 7. The molecular formula is C13H19FN2O2. The van der Waals surface area contributed by atoms with E-state index in [1.54, 1.807) is 0 Å². The van der Waals surface area contributed by atoms with E-state index in [1.165, 1.54) is 12.1 Å². The Morgan fingerprint density at radius 2 is 2.28 bits per heavy atom. The molecule has 4 nitrogen and oxygen atoms in total. The molecule has 100 valence electrons. The lowest BCUT2D eigenvalue weighted by molar-refractivity contribution is 0.0938. The van der Waals surface area contributed by atoms with Gasteiger partial charge in [-0.15, -0.1) is 0 Å². The largest absolute Gasteiger partial charge is 0.396 e. The first-order valence-electron chi connectivity index (χ1n) is 6.18. The Hall–Kier alpha value is -1.49. The van der Waals surface area contributed by atoms with Gasteiger partial charge in [0.1, 0.15) is 11.5 Å². The predicted molar refractivity (Wildman–Crippen MR) is 66.6 cm³/mol. The molecule has 0 aliphatic heterocycles. The maximum Gasteiger partial charge on any atom is 0.269 e. The first-order chi connectivity index (χ1) is 8.67. The smallest absolute Gasteiger partial charge is 0.269 e. The van der Waals surface area contributed by atoms with Crippen LogP contribution >= 0.6 is 0 Å². The number of nitrogens with zero attached hydrogens (tertiary/aromatic N) is 1. The highest BCUT2D eigenvalue weighted by molar-refractivity contribution is 5.92. The first-order valence-corrected chi connectivity index (χ1v) is 6.18. The first kappa shape index (κ1) is 14.6. The number of nitrogens with one attached hydrogen (secondary N) is 1. The average molecular weight is 254 g/mol. The van der Waals surface area contributed by atoms with Crippen LogP contribution in [0.25, 0.3) is 0 Å². The molecule has 0 fully saturated rings. The van der Waals surface area contributed by atoms with Crippen LogP contribution in [-0.4, -0.2) is 29.1 Å². The second-order valence-electron chi connectivity index (χ2n) is 4.24. The van der Waals surface area contributed by atoms with Gasteiger partial charge in [-0.2, -0.15) is 0 Å². The zero-order valence-electron chi connectivity index (χ0n) is 10.5. The molecule has 0 aliphatic rings. The van der Waals surface area contributed by atoms with Crippen molar-refractivity contribution in [1.29, 1.82) is 0 Å². The molecule has 1 aromatic rings. The summed E-state index contributed by atoms with van der Waals surface area (Å²) >= 11 is 0. The van der Waals surface area contributed by atoms with Gasteiger partial charge in [0, 0.05) is 13.2 Å². The molecule has 2 N–H and O–H groups in total. The van der Waals surface area contributed by atoms with E-state index in [9.17, 15) is 9.18 Å². The van der Waals surface area contributed by atoms with Crippen LogP contribution in [0.5, 0.6) is 0 Å². The number of pyridine rings is 1. The van der Waals surface area contributed by atoms with E-state index in [1.807, 2.05) is 0 Å². The molecule has 0 spiro atoms. The second kappa shape index (κ2) is 7.76. The average Bonchev–Trinajstić information content (AvgIpc) is 2.37. The summed E-state index contributed by atoms with van der Waals surface area (Å²) < 4.78 is 12.6. The lowest BCUT2D eigenvalue weighted by atomic mass is 10.0. The maximum atomic E-state index is 12.6. The molecule has 5 heteroatoms. The minimum Gasteiger partial charge on any atom is -0.396 e. The van der Waals surface area contributed by atoms with Gasteiger partial charge in [0.15, 0.2) is 0 Å². The summed E-state index contributed by atoms with van der Waals surface area (Å²) in [5, 5.41) is 11.7. The molecule has 1 amide bonds. The highest BCUT2D eigenvalue weighted by atomic mass is 19.1. The van der Waals surface area contributed by atoms with Crippen molar-refractivity contribution >= 4 is 5.91 Å². The Labute approximate surface area is 106 Å². The topological polar surface area (TPSA) is 62.2 Å². The van der Waals surface area contributed by atoms with Gasteiger partial charge in [0.05, 0.1) is 6.20 Å². The van der Waals surface area contributed by atoms with Gasteiger partial charge < -0.3 is 10.4 Å². The van der Waals surface area contributed by atoms with E-state index in [0.717, 1.165) is 19.0 Å². The summed E-state index contributed by atoms with van der Waals surface area (Å²) in [5.41, 5.74) is 0.204. The molecule has 0 aliphatic carbocycles. The van der Waals surface area contributed by atoms with E-state index < -0.39 is 5.82 Å². The zero-order valence-corrected chi connectivity index (χ0v) is 10.5. The van der Waals surface area contributed by atoms with Crippen molar-refractivity contribution in [3.8, 4) is 0 Å². The standard InChI is InChI=1S/C13H19FN2O2/c1-2-3-10(6-7-17)8-16-13(18)12-5-4-11(14)9-15-12/h4-5,9-10,17H,2-3,6-8H2,1H3,(H,16,18). The van der Waals surface area contributed by atoms with Crippen LogP contribution in [0.3, 0.4) is 0 Å². The molecule has 18 heavy (non-hydrogen) atoms. The minimum absolute atomic E-state index is 0.120. The van der Waals surface area contributed by atoms with E-state index in [0.29, 0.717) is 13.0 Å². The van der Waals surface area contributed by atoms with Crippen LogP contribution in [0, 0.1) is 11.7 Å². The van der Waals surface area contributed by atoms with Gasteiger partial charge in [0.25, 0.3) is 5.91 Å². The Morgan fingerprint density at radius 3 is 2.83 bits per heavy atom. The van der Waals surface area contributed by atoms with E-state index in [4.69, 9.17) is 5.11 Å². The fraction of sp³-hybridized carbons (Fsp3) is 0.538. The molecule has 1 aromatic heterocycles. The maximum absolute atomic E-state index is 12.6. The fourth-order valence-electron chi connectivity index (χ4n) is 1.78. The summed E-state index contributed by atoms with van der Waals surface area (Å²) in [6.07, 6.45) is 3.66. The number of aliphatic hydroxyl groups is 1. The van der Waals surface area contributed by atoms with Gasteiger partial charge in [0.2, 0.25) is 0 Å². The van der Waals surface area contributed by atoms with Crippen LogP contribution in [0.4, 0.5) is 4.39 Å². The Morgan fingerprint density at radius 1 is 1.50 bits per heavy atom. The molecule has 1 atom stereocenters. The number of carbonyl (C=O) groups is 1. The van der Waals surface area contributed by atoms with Gasteiger partial charge in [-0.3, -0.25) is 4.79 Å². The molecule has 0 aromatic carbocycles. The lowest BCUT2D eigenvalue weighted by Gasteiger charge is -2.15. The van der Waals surface area contributed by atoms with Crippen molar-refractivity contribution in [2.75, 3.05) is 13.2 Å². The molecule has 1 heterocycles. The molecule has 1 unspecified atom stereocenters. The highest BCUT2D eigenvalue weighted by Gasteiger charge is 2.11. The minimum atomic E-state index is -0.462. The molecule has 0 saturated carbocycles. The van der Waals surface area contributed by atoms with Gasteiger partial charge in [-0.05, 0) is 30.9 Å². The van der Waals surface area contributed by atoms with Gasteiger partial charge in [-0.1, -0.05) is 13.3 Å². The molecule has 1 rings (SSSR count). The van der Waals surface area contributed by atoms with E-state index in [2.05, 4.69) is 17.2 Å². The Bertz CT molecular complexity index is 362. The number of amides is 1. The van der Waals surface area contributed by atoms with Crippen LogP contribution in [0.1, 0.15) is 36.7 Å². The van der Waals surface area contributed by atoms with Crippen LogP contribution < -0.4 is 5.32 Å². The van der Waals surface area contributed by atoms with Crippen molar-refractivity contribution in [2.24, 2.45) is 5.92 Å². The molecule has 0 bridgehead atoms. The number of carbonyl (C=O) groups excluding carboxylic acids is 1. The number of hydrogen-bond donors (Lipinski definition) is 2. The second-order valence-corrected chi connectivity index (χ2v) is 4.24. The SMILES string of the molecule is CCCC(CCO)CNC(=O)c1ccc(F)cn1. The number of aliphatic hydroxyl groups excluding tert-OH is 1. The third kappa shape index (κ3) is 4.79. The van der Waals surface area contributed by atoms with Crippen LogP contribution in [-0.2, 0) is 0 Å². The summed E-state index contributed by atoms with van der Waals surface area (Å²) in [6, 6.07) is 2.56. The number of halogens is 1. The highest BCUT2D eigenvalue weighted by Crippen LogP contribution is 2.09. The Kier molecular flexibility index (Phi) is 6.28. The van der Waals surface area contributed by atoms with Crippen LogP contribution in [0.2, 0.25) is 0 Å². The summed E-state index contributed by atoms with van der Waals surface area (Å²) in [4.78, 5) is 15.4. The lowest BCUT2D eigenvalue weighted by Crippen LogP contribution is -2.30. The predicted octanol–water partition coefficient (Wildman–Crippen LogP) is 1.75. The van der Waals surface area contributed by atoms with Gasteiger partial charge in [-0.25, -0.2) is 9.37 Å². The van der Waals surface area contributed by atoms with Gasteiger partial charge >= 0.3 is 0 Å². The quantitative estimate of drug-likeness (QED) is 0.779. The third-order valence-electron chi connectivity index (χ3n) is 2.75. The molecular weight excluding hydrogens is 235 g/mol. The molecule has 0 radical (unpaired) electrons. The van der Waals surface area contributed by atoms with Crippen molar-refractivity contribution in [3.63, 3.8) is 0 Å². The van der Waals surface area contributed by atoms with E-state index in [-0.39, 0.29) is 24.1 Å². The monoisotopic (exact) mass is 254 g/mol. The van der Waals surface area contributed by atoms with Crippen molar-refractivity contribution in [1.82, 2.24) is 10.3 Å². The summed E-state index contributed by atoms with van der Waals surface area (Å²) in [6.45, 7) is 2.69. The third-order valence-corrected chi connectivity index (χ3v) is 2.75. The number of aromatic nitrogens is 1.